The van der Waals surface area contributed by atoms with Crippen LogP contribution in [0.4, 0.5) is 11.4 Å². The van der Waals surface area contributed by atoms with Crippen LogP contribution in [0.25, 0.3) is 0 Å². The van der Waals surface area contributed by atoms with Crippen molar-refractivity contribution in [3.8, 4) is 5.75 Å². The van der Waals surface area contributed by atoms with Crippen LogP contribution in [0.15, 0.2) is 48.5 Å². The first-order valence-corrected chi connectivity index (χ1v) is 9.43. The predicted molar refractivity (Wildman–Crippen MR) is 104 cm³/mol. The van der Waals surface area contributed by atoms with Crippen molar-refractivity contribution >= 4 is 11.4 Å². The largest absolute Gasteiger partial charge is 0.508 e. The monoisotopic (exact) mass is 325 g/mol. The highest BCUT2D eigenvalue weighted by Gasteiger charge is 2.05. The van der Waals surface area contributed by atoms with Crippen LogP contribution in [0.1, 0.15) is 63.9 Å². The lowest BCUT2D eigenvalue weighted by Crippen LogP contribution is -1.96. The van der Waals surface area contributed by atoms with Gasteiger partial charge in [-0.05, 0) is 48.7 Å². The number of unbranched alkanes of at least 4 members (excludes halogenated alkanes) is 7. The van der Waals surface area contributed by atoms with Gasteiger partial charge in [0.05, 0.1) is 0 Å². The predicted octanol–water partition coefficient (Wildman–Crippen LogP) is 6.82. The molecule has 0 aliphatic rings. The van der Waals surface area contributed by atoms with Crippen LogP contribution in [0, 0.1) is 0 Å². The molecule has 0 unspecified atom stereocenters. The van der Waals surface area contributed by atoms with E-state index in [1.165, 1.54) is 56.9 Å². The van der Waals surface area contributed by atoms with Gasteiger partial charge in [-0.15, -0.1) is 0 Å². The second-order valence-electron chi connectivity index (χ2n) is 6.56. The summed E-state index contributed by atoms with van der Waals surface area (Å²) in [6, 6.07) is 15.8. The Labute approximate surface area is 146 Å². The van der Waals surface area contributed by atoms with Gasteiger partial charge in [0.15, 0.2) is 0 Å². The van der Waals surface area contributed by atoms with Crippen LogP contribution in [0.5, 0.6) is 5.75 Å². The third kappa shape index (κ3) is 6.66. The molecule has 0 fully saturated rings. The lowest BCUT2D eigenvalue weighted by Gasteiger charge is -2.13. The zero-order chi connectivity index (χ0) is 17.0. The summed E-state index contributed by atoms with van der Waals surface area (Å²) in [5, 5.41) is 13.3. The maximum absolute atomic E-state index is 9.80. The molecule has 0 aliphatic heterocycles. The van der Waals surface area contributed by atoms with Gasteiger partial charge in [0, 0.05) is 11.4 Å². The summed E-state index contributed by atoms with van der Waals surface area (Å²) in [7, 11) is 0. The molecular weight excluding hydrogens is 294 g/mol. The van der Waals surface area contributed by atoms with Crippen molar-refractivity contribution in [1.29, 1.82) is 0 Å². The van der Waals surface area contributed by atoms with Crippen LogP contribution in [-0.2, 0) is 6.42 Å². The summed E-state index contributed by atoms with van der Waals surface area (Å²) in [6.45, 7) is 2.26. The van der Waals surface area contributed by atoms with Crippen molar-refractivity contribution < 1.29 is 5.11 Å². The van der Waals surface area contributed by atoms with Gasteiger partial charge in [-0.25, -0.2) is 0 Å². The number of para-hydroxylation sites is 1. The second kappa shape index (κ2) is 10.7. The van der Waals surface area contributed by atoms with Gasteiger partial charge >= 0.3 is 0 Å². The van der Waals surface area contributed by atoms with E-state index in [2.05, 4.69) is 24.4 Å². The zero-order valence-corrected chi connectivity index (χ0v) is 14.9. The Morgan fingerprint density at radius 3 is 2.17 bits per heavy atom. The summed E-state index contributed by atoms with van der Waals surface area (Å²) < 4.78 is 0. The van der Waals surface area contributed by atoms with Gasteiger partial charge in [-0.2, -0.15) is 0 Å². The first-order chi connectivity index (χ1) is 11.8. The van der Waals surface area contributed by atoms with Gasteiger partial charge in [-0.1, -0.05) is 70.1 Å². The molecule has 24 heavy (non-hydrogen) atoms. The number of rotatable bonds is 11. The van der Waals surface area contributed by atoms with Crippen molar-refractivity contribution in [3.05, 3.63) is 54.1 Å². The highest BCUT2D eigenvalue weighted by Crippen LogP contribution is 2.26. The molecule has 0 saturated heterocycles. The van der Waals surface area contributed by atoms with E-state index < -0.39 is 0 Å². The Morgan fingerprint density at radius 2 is 1.46 bits per heavy atom. The van der Waals surface area contributed by atoms with Crippen molar-refractivity contribution in [3.63, 3.8) is 0 Å². The number of anilines is 2. The molecule has 0 amide bonds. The third-order valence-corrected chi connectivity index (χ3v) is 4.44. The van der Waals surface area contributed by atoms with E-state index in [0.29, 0.717) is 5.75 Å². The maximum Gasteiger partial charge on any atom is 0.116 e. The van der Waals surface area contributed by atoms with Crippen molar-refractivity contribution in [2.24, 2.45) is 0 Å². The molecule has 0 heterocycles. The highest BCUT2D eigenvalue weighted by atomic mass is 16.3. The normalized spacial score (nSPS) is 10.7. The van der Waals surface area contributed by atoms with Crippen LogP contribution >= 0.6 is 0 Å². The zero-order valence-electron chi connectivity index (χ0n) is 14.9. The number of hydrogen-bond acceptors (Lipinski definition) is 2. The molecule has 0 atom stereocenters. The molecular formula is C22H31NO. The van der Waals surface area contributed by atoms with E-state index in [-0.39, 0.29) is 0 Å². The molecule has 0 saturated carbocycles. The van der Waals surface area contributed by atoms with Gasteiger partial charge in [0.25, 0.3) is 0 Å². The summed E-state index contributed by atoms with van der Waals surface area (Å²) in [6.07, 6.45) is 11.6. The topological polar surface area (TPSA) is 32.3 Å². The van der Waals surface area contributed by atoms with Gasteiger partial charge in [-0.3, -0.25) is 0 Å². The minimum absolute atomic E-state index is 0.350. The first kappa shape index (κ1) is 18.4. The van der Waals surface area contributed by atoms with Gasteiger partial charge in [0.1, 0.15) is 5.75 Å². The Balaban J connectivity index is 1.80. The summed E-state index contributed by atoms with van der Waals surface area (Å²) >= 11 is 0. The molecule has 2 N–H and O–H groups in total. The van der Waals surface area contributed by atoms with Crippen molar-refractivity contribution in [1.82, 2.24) is 0 Å². The van der Waals surface area contributed by atoms with Crippen LogP contribution in [0.3, 0.4) is 0 Å². The fraction of sp³-hybridized carbons (Fsp3) is 0.455. The van der Waals surface area contributed by atoms with Crippen LogP contribution in [0.2, 0.25) is 0 Å². The third-order valence-electron chi connectivity index (χ3n) is 4.44. The van der Waals surface area contributed by atoms with E-state index in [0.717, 1.165) is 17.8 Å². The fourth-order valence-corrected chi connectivity index (χ4v) is 3.04. The van der Waals surface area contributed by atoms with E-state index in [4.69, 9.17) is 0 Å². The van der Waals surface area contributed by atoms with Gasteiger partial charge in [0.2, 0.25) is 0 Å². The van der Waals surface area contributed by atoms with Gasteiger partial charge < -0.3 is 10.4 Å². The summed E-state index contributed by atoms with van der Waals surface area (Å²) in [5.74, 6) is 0.350. The molecule has 2 aromatic rings. The molecule has 0 bridgehead atoms. The number of nitrogens with one attached hydrogen (secondary N) is 1. The minimum Gasteiger partial charge on any atom is -0.508 e. The lowest BCUT2D eigenvalue weighted by molar-refractivity contribution is 0.474. The molecule has 0 aromatic heterocycles. The Bertz CT molecular complexity index is 580. The maximum atomic E-state index is 9.80. The Kier molecular flexibility index (Phi) is 8.23. The number of phenols is 1. The number of benzene rings is 2. The van der Waals surface area contributed by atoms with Crippen LogP contribution < -0.4 is 5.32 Å². The summed E-state index contributed by atoms with van der Waals surface area (Å²) in [5.41, 5.74) is 3.38. The molecule has 0 radical (unpaired) electrons. The smallest absolute Gasteiger partial charge is 0.116 e. The van der Waals surface area contributed by atoms with E-state index in [1.54, 1.807) is 6.07 Å². The van der Waals surface area contributed by atoms with E-state index >= 15 is 0 Å². The molecule has 2 heteroatoms. The molecule has 130 valence electrons. The Morgan fingerprint density at radius 1 is 0.792 bits per heavy atom. The minimum atomic E-state index is 0.350. The number of aryl methyl sites for hydroxylation is 1. The van der Waals surface area contributed by atoms with E-state index in [1.807, 2.05) is 30.3 Å². The SMILES string of the molecule is CCCCCCCCCCc1cc(O)ccc1Nc1ccccc1. The molecule has 2 aromatic carbocycles. The standard InChI is InChI=1S/C22H31NO/c1-2-3-4-5-6-7-8-10-13-19-18-21(24)16-17-22(19)23-20-14-11-9-12-15-20/h9,11-12,14-18,23-24H,2-8,10,13H2,1H3. The number of aromatic hydroxyl groups is 1. The Hall–Kier alpha value is -1.96. The average molecular weight is 325 g/mol. The average Bonchev–Trinajstić information content (AvgIpc) is 2.60. The summed E-state index contributed by atoms with van der Waals surface area (Å²) in [4.78, 5) is 0. The quantitative estimate of drug-likeness (QED) is 0.351. The lowest BCUT2D eigenvalue weighted by atomic mass is 10.0. The number of hydrogen-bond donors (Lipinski definition) is 2. The van der Waals surface area contributed by atoms with E-state index in [9.17, 15) is 5.11 Å². The first-order valence-electron chi connectivity index (χ1n) is 9.43. The second-order valence-corrected chi connectivity index (χ2v) is 6.56. The molecule has 0 spiro atoms. The molecule has 2 rings (SSSR count). The molecule has 0 aliphatic carbocycles. The van der Waals surface area contributed by atoms with Crippen LogP contribution in [-0.4, -0.2) is 5.11 Å². The molecule has 2 nitrogen and oxygen atoms in total. The van der Waals surface area contributed by atoms with Crippen molar-refractivity contribution in [2.75, 3.05) is 5.32 Å². The van der Waals surface area contributed by atoms with Crippen molar-refractivity contribution in [2.45, 2.75) is 64.7 Å². The number of phenolic OH excluding ortho intramolecular Hbond substituents is 1. The highest BCUT2D eigenvalue weighted by molar-refractivity contribution is 5.64. The fourth-order valence-electron chi connectivity index (χ4n) is 3.04.